The lowest BCUT2D eigenvalue weighted by molar-refractivity contribution is -0.824. The first-order chi connectivity index (χ1) is 5.29. The van der Waals surface area contributed by atoms with E-state index < -0.39 is 0 Å². The molecule has 1 aliphatic rings. The number of nitrogens with one attached hydrogen (secondary N) is 1. The summed E-state index contributed by atoms with van der Waals surface area (Å²) in [6, 6.07) is 2.10. The number of hydrogen-bond donors (Lipinski definition) is 1. The monoisotopic (exact) mass is 153 g/mol. The van der Waals surface area contributed by atoms with Gasteiger partial charge in [-0.1, -0.05) is 6.92 Å². The molecular weight excluding hydrogens is 140 g/mol. The molecular formula is C8H13N2O+. The Hall–Kier alpha value is -0.880. The van der Waals surface area contributed by atoms with Gasteiger partial charge in [-0.15, -0.1) is 0 Å². The second kappa shape index (κ2) is 3.49. The van der Waals surface area contributed by atoms with Gasteiger partial charge >= 0.3 is 5.91 Å². The first-order valence-electron chi connectivity index (χ1n) is 4.08. The number of amides is 1. The van der Waals surface area contributed by atoms with Crippen molar-refractivity contribution in [2.24, 2.45) is 0 Å². The van der Waals surface area contributed by atoms with Crippen molar-refractivity contribution in [1.29, 1.82) is 5.26 Å². The van der Waals surface area contributed by atoms with E-state index in [1.165, 1.54) is 0 Å². The molecule has 3 nitrogen and oxygen atoms in total. The Kier molecular flexibility index (Phi) is 2.61. The predicted molar refractivity (Wildman–Crippen MR) is 39.8 cm³/mol. The summed E-state index contributed by atoms with van der Waals surface area (Å²) in [5.74, 6) is 0.189. The van der Waals surface area contributed by atoms with Crippen molar-refractivity contribution in [3.63, 3.8) is 0 Å². The molecule has 0 aromatic heterocycles. The average Bonchev–Trinajstić information content (AvgIpc) is 2.50. The molecule has 2 unspecified atom stereocenters. The Balaban J connectivity index is 2.58. The SMILES string of the molecule is CCC(=O)[NH+]1CCCC1C#N. The van der Waals surface area contributed by atoms with Crippen LogP contribution in [0.15, 0.2) is 0 Å². The third-order valence-electron chi connectivity index (χ3n) is 2.19. The molecule has 11 heavy (non-hydrogen) atoms. The van der Waals surface area contributed by atoms with E-state index in [0.29, 0.717) is 6.42 Å². The molecule has 0 aliphatic carbocycles. The van der Waals surface area contributed by atoms with Crippen LogP contribution < -0.4 is 4.90 Å². The molecule has 0 radical (unpaired) electrons. The van der Waals surface area contributed by atoms with Crippen LogP contribution in [-0.4, -0.2) is 18.5 Å². The van der Waals surface area contributed by atoms with Crippen LogP contribution in [0, 0.1) is 11.3 Å². The third kappa shape index (κ3) is 1.58. The topological polar surface area (TPSA) is 45.3 Å². The number of nitriles is 1. The number of likely N-dealkylation sites (tertiary alicyclic amines) is 1. The Morgan fingerprint density at radius 2 is 2.55 bits per heavy atom. The number of nitrogens with zero attached hydrogens (tertiary/aromatic N) is 1. The van der Waals surface area contributed by atoms with Crippen molar-refractivity contribution >= 4 is 5.91 Å². The summed E-state index contributed by atoms with van der Waals surface area (Å²) < 4.78 is 0. The number of carbonyl (C=O) groups excluding carboxylic acids is 1. The quantitative estimate of drug-likeness (QED) is 0.551. The summed E-state index contributed by atoms with van der Waals surface area (Å²) in [5.41, 5.74) is 0. The zero-order valence-corrected chi connectivity index (χ0v) is 6.76. The second-order valence-corrected chi connectivity index (χ2v) is 2.88. The van der Waals surface area contributed by atoms with Gasteiger partial charge in [0.05, 0.1) is 13.0 Å². The Bertz CT molecular complexity index is 195. The standard InChI is InChI=1S/C8H12N2O/c1-2-8(11)10-5-3-4-7(10)6-9/h7H,2-5H2,1H3/p+1. The van der Waals surface area contributed by atoms with E-state index in [2.05, 4.69) is 6.07 Å². The fraction of sp³-hybridized carbons (Fsp3) is 0.750. The lowest BCUT2D eigenvalue weighted by Gasteiger charge is -2.11. The van der Waals surface area contributed by atoms with Crippen LogP contribution in [0.2, 0.25) is 0 Å². The Labute approximate surface area is 66.6 Å². The minimum atomic E-state index is -0.0672. The van der Waals surface area contributed by atoms with Crippen molar-refractivity contribution in [2.45, 2.75) is 32.2 Å². The Morgan fingerprint density at radius 1 is 1.82 bits per heavy atom. The summed E-state index contributed by atoms with van der Waals surface area (Å²) in [6.45, 7) is 2.70. The highest BCUT2D eigenvalue weighted by Gasteiger charge is 2.32. The van der Waals surface area contributed by atoms with E-state index in [1.807, 2.05) is 6.92 Å². The number of rotatable bonds is 1. The fourth-order valence-corrected chi connectivity index (χ4v) is 1.55. The van der Waals surface area contributed by atoms with Crippen molar-refractivity contribution < 1.29 is 9.69 Å². The van der Waals surface area contributed by atoms with Crippen LogP contribution in [0.3, 0.4) is 0 Å². The molecule has 0 spiro atoms. The average molecular weight is 153 g/mol. The van der Waals surface area contributed by atoms with Gasteiger partial charge in [0.15, 0.2) is 6.04 Å². The predicted octanol–water partition coefficient (Wildman–Crippen LogP) is -0.506. The lowest BCUT2D eigenvalue weighted by atomic mass is 10.2. The van der Waals surface area contributed by atoms with Crippen molar-refractivity contribution in [1.82, 2.24) is 0 Å². The molecule has 1 heterocycles. The molecule has 0 aromatic rings. The second-order valence-electron chi connectivity index (χ2n) is 2.88. The summed E-state index contributed by atoms with van der Waals surface area (Å²) in [6.07, 6.45) is 2.45. The molecule has 0 aromatic carbocycles. The maximum atomic E-state index is 11.2. The van der Waals surface area contributed by atoms with Gasteiger partial charge in [0.2, 0.25) is 0 Å². The lowest BCUT2D eigenvalue weighted by Crippen LogP contribution is -3.16. The molecule has 1 rings (SSSR count). The first kappa shape index (κ1) is 8.22. The first-order valence-corrected chi connectivity index (χ1v) is 4.08. The highest BCUT2D eigenvalue weighted by atomic mass is 16.2. The van der Waals surface area contributed by atoms with Gasteiger partial charge in [0.1, 0.15) is 6.07 Å². The highest BCUT2D eigenvalue weighted by Crippen LogP contribution is 1.98. The maximum absolute atomic E-state index is 11.2. The molecule has 0 bridgehead atoms. The summed E-state index contributed by atoms with van der Waals surface area (Å²) >= 11 is 0. The fourth-order valence-electron chi connectivity index (χ4n) is 1.55. The smallest absolute Gasteiger partial charge is 0.258 e. The van der Waals surface area contributed by atoms with E-state index in [4.69, 9.17) is 5.26 Å². The molecule has 1 fully saturated rings. The van der Waals surface area contributed by atoms with Crippen LogP contribution in [-0.2, 0) is 4.79 Å². The molecule has 0 saturated carbocycles. The molecule has 60 valence electrons. The third-order valence-corrected chi connectivity index (χ3v) is 2.19. The Morgan fingerprint density at radius 3 is 3.09 bits per heavy atom. The van der Waals surface area contributed by atoms with Crippen molar-refractivity contribution in [3.8, 4) is 6.07 Å². The van der Waals surface area contributed by atoms with Crippen LogP contribution in [0.25, 0.3) is 0 Å². The number of hydrogen-bond acceptors (Lipinski definition) is 2. The van der Waals surface area contributed by atoms with E-state index >= 15 is 0 Å². The van der Waals surface area contributed by atoms with Gasteiger partial charge in [-0.25, -0.2) is 4.79 Å². The summed E-state index contributed by atoms with van der Waals surface area (Å²) in [5, 5.41) is 8.66. The van der Waals surface area contributed by atoms with E-state index in [9.17, 15) is 4.79 Å². The largest absolute Gasteiger partial charge is 0.312 e. The zero-order chi connectivity index (χ0) is 8.27. The van der Waals surface area contributed by atoms with Gasteiger partial charge in [-0.05, 0) is 0 Å². The van der Waals surface area contributed by atoms with Crippen LogP contribution in [0.1, 0.15) is 26.2 Å². The van der Waals surface area contributed by atoms with Gasteiger partial charge in [-0.3, -0.25) is 4.90 Å². The zero-order valence-electron chi connectivity index (χ0n) is 6.76. The van der Waals surface area contributed by atoms with Crippen molar-refractivity contribution in [3.05, 3.63) is 0 Å². The molecule has 1 N–H and O–H groups in total. The van der Waals surface area contributed by atoms with Gasteiger partial charge in [0.25, 0.3) is 0 Å². The number of quaternary nitrogens is 1. The van der Waals surface area contributed by atoms with Crippen LogP contribution in [0.4, 0.5) is 0 Å². The molecule has 1 amide bonds. The molecule has 2 atom stereocenters. The van der Waals surface area contributed by atoms with Gasteiger partial charge < -0.3 is 0 Å². The van der Waals surface area contributed by atoms with E-state index in [0.717, 1.165) is 24.3 Å². The van der Waals surface area contributed by atoms with Crippen LogP contribution in [0.5, 0.6) is 0 Å². The molecule has 1 aliphatic heterocycles. The van der Waals surface area contributed by atoms with E-state index in [-0.39, 0.29) is 11.9 Å². The van der Waals surface area contributed by atoms with Gasteiger partial charge in [-0.2, -0.15) is 5.26 Å². The van der Waals surface area contributed by atoms with E-state index in [1.54, 1.807) is 0 Å². The van der Waals surface area contributed by atoms with Gasteiger partial charge in [0, 0.05) is 12.8 Å². The minimum Gasteiger partial charge on any atom is -0.258 e. The summed E-state index contributed by atoms with van der Waals surface area (Å²) in [7, 11) is 0. The highest BCUT2D eigenvalue weighted by molar-refractivity contribution is 5.66. The normalized spacial score (nSPS) is 29.8. The molecule has 1 saturated heterocycles. The molecule has 3 heteroatoms. The maximum Gasteiger partial charge on any atom is 0.312 e. The minimum absolute atomic E-state index is 0.0672. The van der Waals surface area contributed by atoms with Crippen molar-refractivity contribution in [2.75, 3.05) is 6.54 Å². The number of carbonyl (C=O) groups is 1. The summed E-state index contributed by atoms with van der Waals surface area (Å²) in [4.78, 5) is 12.1. The van der Waals surface area contributed by atoms with Crippen LogP contribution >= 0.6 is 0 Å².